The van der Waals surface area contributed by atoms with Gasteiger partial charge in [0.2, 0.25) is 21.8 Å². The number of carbonyl (C=O) groups is 2. The van der Waals surface area contributed by atoms with Gasteiger partial charge < -0.3 is 9.15 Å². The fourth-order valence-corrected chi connectivity index (χ4v) is 5.60. The molecule has 2 unspecified atom stereocenters. The van der Waals surface area contributed by atoms with Crippen LogP contribution in [0.15, 0.2) is 34.7 Å². The summed E-state index contributed by atoms with van der Waals surface area (Å²) >= 11 is 0. The van der Waals surface area contributed by atoms with Crippen molar-refractivity contribution in [2.45, 2.75) is 72.0 Å². The summed E-state index contributed by atoms with van der Waals surface area (Å²) in [7, 11) is -3.79. The van der Waals surface area contributed by atoms with E-state index < -0.39 is 39.5 Å². The minimum absolute atomic E-state index is 0.0522. The van der Waals surface area contributed by atoms with E-state index in [2.05, 4.69) is 10.9 Å². The molecule has 1 aliphatic heterocycles. The number of hydrogen-bond acceptors (Lipinski definition) is 7. The Morgan fingerprint density at radius 2 is 1.84 bits per heavy atom. The Morgan fingerprint density at radius 3 is 2.42 bits per heavy atom. The van der Waals surface area contributed by atoms with Gasteiger partial charge in [-0.15, -0.1) is 4.41 Å². The zero-order valence-corrected chi connectivity index (χ0v) is 24.0. The van der Waals surface area contributed by atoms with Gasteiger partial charge in [-0.1, -0.05) is 52.8 Å². The number of ether oxygens (including phenoxy) is 1. The molecule has 1 aliphatic rings. The molecule has 2 amide bonds. The highest BCUT2D eigenvalue weighted by Gasteiger charge is 2.52. The molecule has 1 saturated heterocycles. The van der Waals surface area contributed by atoms with Crippen molar-refractivity contribution in [2.24, 2.45) is 17.8 Å². The molecule has 38 heavy (non-hydrogen) atoms. The molecule has 3 rings (SSSR count). The molecule has 10 nitrogen and oxygen atoms in total. The lowest BCUT2D eigenvalue weighted by atomic mass is 9.68. The lowest BCUT2D eigenvalue weighted by molar-refractivity contribution is -0.203. The lowest BCUT2D eigenvalue weighted by Gasteiger charge is -2.38. The van der Waals surface area contributed by atoms with E-state index in [1.807, 2.05) is 45.9 Å². The maximum atomic E-state index is 14.2. The first kappa shape index (κ1) is 30.1. The molecule has 1 fully saturated rings. The first-order valence-corrected chi connectivity index (χ1v) is 15.0. The summed E-state index contributed by atoms with van der Waals surface area (Å²) in [5, 5.41) is 0.769. The average Bonchev–Trinajstić information content (AvgIpc) is 3.29. The Balaban J connectivity index is 2.06. The quantitative estimate of drug-likeness (QED) is 0.383. The zero-order valence-electron chi connectivity index (χ0n) is 23.2. The van der Waals surface area contributed by atoms with Crippen LogP contribution in [0.25, 0.3) is 11.0 Å². The lowest BCUT2D eigenvalue weighted by Crippen LogP contribution is -2.59. The molecule has 1 aromatic heterocycles. The SMILES string of the molecule is CC(C)CN(NC(=O)C(CC(C)C)(c1cc2ccccc2o1)[C@H](C)C(=O)NOC1CCCCO1)S(C)(=O)=O. The molecule has 0 radical (unpaired) electrons. The molecule has 3 atom stereocenters. The molecule has 0 spiro atoms. The highest BCUT2D eigenvalue weighted by atomic mass is 32.2. The largest absolute Gasteiger partial charge is 0.460 e. The van der Waals surface area contributed by atoms with Crippen LogP contribution in [0.1, 0.15) is 66.1 Å². The molecular weight excluding hydrogens is 510 g/mol. The number of carbonyl (C=O) groups excluding carboxylic acids is 2. The average molecular weight is 552 g/mol. The number of sulfonamides is 1. The Hall–Kier alpha value is -2.47. The van der Waals surface area contributed by atoms with Gasteiger partial charge in [0.05, 0.1) is 12.2 Å². The van der Waals surface area contributed by atoms with Gasteiger partial charge in [-0.25, -0.2) is 18.7 Å². The van der Waals surface area contributed by atoms with Crippen LogP contribution in [0.2, 0.25) is 0 Å². The third kappa shape index (κ3) is 7.13. The molecule has 11 heteroatoms. The number of rotatable bonds is 12. The molecule has 2 heterocycles. The van der Waals surface area contributed by atoms with Gasteiger partial charge in [0.25, 0.3) is 0 Å². The second-order valence-electron chi connectivity index (χ2n) is 10.9. The molecule has 2 N–H and O–H groups in total. The van der Waals surface area contributed by atoms with E-state index in [9.17, 15) is 18.0 Å². The van der Waals surface area contributed by atoms with Crippen molar-refractivity contribution < 1.29 is 32.0 Å². The van der Waals surface area contributed by atoms with Crippen LogP contribution < -0.4 is 10.9 Å². The fourth-order valence-electron chi connectivity index (χ4n) is 4.79. The third-order valence-electron chi connectivity index (χ3n) is 6.72. The predicted molar refractivity (Wildman–Crippen MR) is 144 cm³/mol. The smallest absolute Gasteiger partial charge is 0.249 e. The van der Waals surface area contributed by atoms with Crippen molar-refractivity contribution in [3.63, 3.8) is 0 Å². The first-order valence-electron chi connectivity index (χ1n) is 13.2. The summed E-state index contributed by atoms with van der Waals surface area (Å²) in [5.41, 5.74) is 4.12. The van der Waals surface area contributed by atoms with Gasteiger partial charge in [0.1, 0.15) is 16.8 Å². The summed E-state index contributed by atoms with van der Waals surface area (Å²) in [4.78, 5) is 33.3. The van der Waals surface area contributed by atoms with Crippen LogP contribution in [-0.4, -0.2) is 50.3 Å². The first-order chi connectivity index (χ1) is 17.8. The van der Waals surface area contributed by atoms with Crippen molar-refractivity contribution in [1.82, 2.24) is 15.3 Å². The van der Waals surface area contributed by atoms with Crippen LogP contribution in [0.5, 0.6) is 0 Å². The normalized spacial score (nSPS) is 19.0. The summed E-state index contributed by atoms with van der Waals surface area (Å²) in [6.45, 7) is 9.82. The summed E-state index contributed by atoms with van der Waals surface area (Å²) in [5.74, 6) is -2.00. The van der Waals surface area contributed by atoms with Crippen LogP contribution >= 0.6 is 0 Å². The summed E-state index contributed by atoms with van der Waals surface area (Å²) in [6, 6.07) is 9.07. The van der Waals surface area contributed by atoms with Crippen LogP contribution in [0.4, 0.5) is 0 Å². The predicted octanol–water partition coefficient (Wildman–Crippen LogP) is 3.88. The van der Waals surface area contributed by atoms with Crippen molar-refractivity contribution in [3.8, 4) is 0 Å². The minimum Gasteiger partial charge on any atom is -0.460 e. The van der Waals surface area contributed by atoms with Crippen molar-refractivity contribution in [2.75, 3.05) is 19.4 Å². The third-order valence-corrected chi connectivity index (χ3v) is 7.76. The van der Waals surface area contributed by atoms with Crippen molar-refractivity contribution in [3.05, 3.63) is 36.1 Å². The minimum atomic E-state index is -3.79. The number of para-hydroxylation sites is 1. The number of hydrogen-bond donors (Lipinski definition) is 2. The van der Waals surface area contributed by atoms with Crippen LogP contribution in [0, 0.1) is 17.8 Å². The van der Waals surface area contributed by atoms with E-state index in [0.717, 1.165) is 28.9 Å². The van der Waals surface area contributed by atoms with Crippen molar-refractivity contribution in [1.29, 1.82) is 0 Å². The number of fused-ring (bicyclic) bond motifs is 1. The van der Waals surface area contributed by atoms with Gasteiger partial charge in [0.15, 0.2) is 6.29 Å². The number of nitrogens with zero attached hydrogens (tertiary/aromatic N) is 1. The molecule has 0 bridgehead atoms. The summed E-state index contributed by atoms with van der Waals surface area (Å²) in [6.07, 6.45) is 3.19. The maximum Gasteiger partial charge on any atom is 0.249 e. The van der Waals surface area contributed by atoms with E-state index in [-0.39, 0.29) is 30.6 Å². The molecule has 1 aromatic carbocycles. The van der Waals surface area contributed by atoms with Gasteiger partial charge in [-0.2, -0.15) is 0 Å². The van der Waals surface area contributed by atoms with Gasteiger partial charge >= 0.3 is 0 Å². The van der Waals surface area contributed by atoms with Gasteiger partial charge in [0, 0.05) is 25.0 Å². The van der Waals surface area contributed by atoms with Gasteiger partial charge in [-0.05, 0) is 43.2 Å². The van der Waals surface area contributed by atoms with Crippen LogP contribution in [0.3, 0.4) is 0 Å². The number of benzene rings is 1. The number of amides is 2. The van der Waals surface area contributed by atoms with Crippen molar-refractivity contribution >= 4 is 32.8 Å². The Bertz CT molecular complexity index is 1170. The van der Waals surface area contributed by atoms with E-state index in [4.69, 9.17) is 14.0 Å². The fraction of sp³-hybridized carbons (Fsp3) is 0.630. The second kappa shape index (κ2) is 12.6. The van der Waals surface area contributed by atoms with E-state index >= 15 is 0 Å². The molecule has 2 aromatic rings. The topological polar surface area (TPSA) is 127 Å². The number of nitrogens with one attached hydrogen (secondary N) is 2. The summed E-state index contributed by atoms with van der Waals surface area (Å²) < 4.78 is 37.9. The molecule has 212 valence electrons. The highest BCUT2D eigenvalue weighted by molar-refractivity contribution is 7.88. The molecular formula is C27H41N3O7S. The maximum absolute atomic E-state index is 14.2. The molecule has 0 aliphatic carbocycles. The molecule has 0 saturated carbocycles. The Kier molecular flexibility index (Phi) is 9.96. The monoisotopic (exact) mass is 551 g/mol. The Labute approximate surface area is 225 Å². The van der Waals surface area contributed by atoms with Gasteiger partial charge in [-0.3, -0.25) is 15.0 Å². The Morgan fingerprint density at radius 1 is 1.13 bits per heavy atom. The highest BCUT2D eigenvalue weighted by Crippen LogP contribution is 2.42. The van der Waals surface area contributed by atoms with E-state index in [1.54, 1.807) is 19.1 Å². The number of furan rings is 1. The second-order valence-corrected chi connectivity index (χ2v) is 12.9. The standard InChI is InChI=1S/C27H41N3O7S/c1-18(2)16-27(23-15-21-11-7-8-12-22(21)36-23,26(32)28-30(17-19(3)4)38(6,33)34)20(5)25(31)29-37-24-13-9-10-14-35-24/h7-8,11-12,15,18-20,24H,9-10,13-14,16-17H2,1-6H3,(H,28,32)(H,29,31)/t20-,24?,27?/m1/s1. The zero-order chi connectivity index (χ0) is 28.1. The van der Waals surface area contributed by atoms with E-state index in [1.165, 1.54) is 0 Å². The number of hydroxylamine groups is 1. The van der Waals surface area contributed by atoms with Crippen LogP contribution in [-0.2, 0) is 34.6 Å². The van der Waals surface area contributed by atoms with E-state index in [0.29, 0.717) is 18.6 Å². The number of hydrazine groups is 1.